The van der Waals surface area contributed by atoms with E-state index in [2.05, 4.69) is 91.0 Å². The van der Waals surface area contributed by atoms with Gasteiger partial charge in [-0.2, -0.15) is 0 Å². The maximum absolute atomic E-state index is 2.23. The Hall–Kier alpha value is 0.0900. The van der Waals surface area contributed by atoms with E-state index < -0.39 is 7.92 Å². The first-order chi connectivity index (χ1) is 9.45. The van der Waals surface area contributed by atoms with Crippen LogP contribution in [0.2, 0.25) is 0 Å². The molecule has 0 nitrogen and oxygen atoms in total. The molecule has 0 aromatic heterocycles. The van der Waals surface area contributed by atoms with Crippen molar-refractivity contribution in [2.75, 3.05) is 0 Å². The molecule has 0 heterocycles. The van der Waals surface area contributed by atoms with E-state index in [4.69, 9.17) is 0 Å². The van der Waals surface area contributed by atoms with Crippen molar-refractivity contribution < 1.29 is 0 Å². The van der Waals surface area contributed by atoms with Crippen molar-refractivity contribution in [3.05, 3.63) is 91.0 Å². The number of hydrogen-bond acceptors (Lipinski definition) is 0. The quantitative estimate of drug-likeness (QED) is 0.515. The summed E-state index contributed by atoms with van der Waals surface area (Å²) in [7, 11) is -0.446. The van der Waals surface area contributed by atoms with Gasteiger partial charge in [0.25, 0.3) is 0 Å². The first-order valence-corrected chi connectivity index (χ1v) is 7.74. The Bertz CT molecular complexity index is 533. The molecule has 3 aromatic rings. The van der Waals surface area contributed by atoms with E-state index in [1.54, 1.807) is 0 Å². The average molecular weight is 308 g/mol. The van der Waals surface area contributed by atoms with Crippen molar-refractivity contribution in [2.24, 2.45) is 0 Å². The van der Waals surface area contributed by atoms with Crippen molar-refractivity contribution in [3.63, 3.8) is 0 Å². The molecule has 0 aliphatic carbocycles. The minimum Gasteiger partial charge on any atom is -0.0622 e. The van der Waals surface area contributed by atoms with Crippen molar-refractivity contribution in [2.45, 2.75) is 0 Å². The Balaban J connectivity index is 0.00000110. The van der Waals surface area contributed by atoms with Gasteiger partial charge in [-0.25, -0.2) is 0 Å². The molecule has 94 valence electrons. The van der Waals surface area contributed by atoms with Crippen LogP contribution in [-0.4, -0.2) is 59.1 Å². The van der Waals surface area contributed by atoms with Gasteiger partial charge >= 0.3 is 0 Å². The maximum atomic E-state index is 2.23. The third-order valence-corrected chi connectivity index (χ3v) is 5.49. The van der Waals surface area contributed by atoms with Crippen LogP contribution < -0.4 is 15.9 Å². The van der Waals surface area contributed by atoms with E-state index in [-0.39, 0.29) is 59.1 Å². The van der Waals surface area contributed by atoms with Gasteiger partial charge in [-0.3, -0.25) is 0 Å². The maximum Gasteiger partial charge on any atom is 0 e. The van der Waals surface area contributed by atoms with Crippen LogP contribution in [-0.2, 0) is 0 Å². The molecule has 0 N–H and O–H groups in total. The number of benzene rings is 3. The second-order valence-electron chi connectivity index (χ2n) is 4.34. The van der Waals surface area contributed by atoms with Crippen LogP contribution in [0.4, 0.5) is 0 Å². The molecule has 0 unspecified atom stereocenters. The van der Waals surface area contributed by atoms with Gasteiger partial charge in [0.1, 0.15) is 0 Å². The first kappa shape index (κ1) is 19.1. The zero-order valence-corrected chi connectivity index (χ0v) is 17.5. The third kappa shape index (κ3) is 5.05. The van der Waals surface area contributed by atoms with Gasteiger partial charge in [-0.05, 0) is 23.8 Å². The molecule has 21 heavy (non-hydrogen) atoms. The Kier molecular flexibility index (Phi) is 9.09. The second-order valence-corrected chi connectivity index (χ2v) is 6.56. The van der Waals surface area contributed by atoms with Crippen LogP contribution in [0.3, 0.4) is 0 Å². The standard InChI is InChI=1S/C18H15P.2Na/c1-4-10-16(11-5-1)19(17-12-6-2-7-13-17)18-14-8-3-9-15-18;;/h1-15H;;. The molecule has 0 amide bonds. The predicted octanol–water partition coefficient (Wildman–Crippen LogP) is 2.68. The number of hydrogen-bond donors (Lipinski definition) is 0. The fourth-order valence-electron chi connectivity index (χ4n) is 2.18. The van der Waals surface area contributed by atoms with Crippen molar-refractivity contribution >= 4 is 82.9 Å². The van der Waals surface area contributed by atoms with Gasteiger partial charge < -0.3 is 0 Å². The molecule has 3 rings (SSSR count). The topological polar surface area (TPSA) is 0 Å². The molecule has 0 fully saturated rings. The van der Waals surface area contributed by atoms with Crippen LogP contribution in [0.25, 0.3) is 0 Å². The molecular weight excluding hydrogens is 293 g/mol. The first-order valence-electron chi connectivity index (χ1n) is 6.40. The molecule has 3 heteroatoms. The smallest absolute Gasteiger partial charge is 0 e. The minimum absolute atomic E-state index is 0. The third-order valence-electron chi connectivity index (χ3n) is 3.04. The van der Waals surface area contributed by atoms with E-state index in [1.165, 1.54) is 15.9 Å². The van der Waals surface area contributed by atoms with Crippen LogP contribution in [0.1, 0.15) is 0 Å². The van der Waals surface area contributed by atoms with Gasteiger partial charge in [0, 0.05) is 59.1 Å². The Labute approximate surface area is 172 Å². The van der Waals surface area contributed by atoms with Crippen molar-refractivity contribution in [1.82, 2.24) is 0 Å². The van der Waals surface area contributed by atoms with E-state index in [9.17, 15) is 0 Å². The normalized spacial score (nSPS) is 9.57. The molecule has 3 aromatic carbocycles. The van der Waals surface area contributed by atoms with E-state index in [0.29, 0.717) is 0 Å². The van der Waals surface area contributed by atoms with Crippen LogP contribution in [0, 0.1) is 0 Å². The molecule has 0 aliphatic heterocycles. The predicted molar refractivity (Wildman–Crippen MR) is 96.7 cm³/mol. The molecule has 0 bridgehead atoms. The largest absolute Gasteiger partial charge is 0.0622 e. The monoisotopic (exact) mass is 308 g/mol. The summed E-state index contributed by atoms with van der Waals surface area (Å²) in [4.78, 5) is 0. The summed E-state index contributed by atoms with van der Waals surface area (Å²) < 4.78 is 0. The molecule has 0 saturated heterocycles. The van der Waals surface area contributed by atoms with Crippen molar-refractivity contribution in [1.29, 1.82) is 0 Å². The second kappa shape index (κ2) is 9.98. The minimum atomic E-state index is -0.446. The summed E-state index contributed by atoms with van der Waals surface area (Å²) in [6.45, 7) is 0. The summed E-state index contributed by atoms with van der Waals surface area (Å²) in [6.07, 6.45) is 0. The van der Waals surface area contributed by atoms with Gasteiger partial charge in [0.2, 0.25) is 0 Å². The molecule has 0 saturated carbocycles. The molecule has 0 aliphatic rings. The summed E-state index contributed by atoms with van der Waals surface area (Å²) >= 11 is 0. The van der Waals surface area contributed by atoms with Crippen LogP contribution in [0.15, 0.2) is 91.0 Å². The molecule has 0 spiro atoms. The Morgan fingerprint density at radius 2 is 0.619 bits per heavy atom. The van der Waals surface area contributed by atoms with Gasteiger partial charge in [-0.15, -0.1) is 0 Å². The van der Waals surface area contributed by atoms with E-state index in [0.717, 1.165) is 0 Å². The van der Waals surface area contributed by atoms with E-state index in [1.807, 2.05) is 0 Å². The number of rotatable bonds is 3. The van der Waals surface area contributed by atoms with Crippen LogP contribution >= 0.6 is 7.92 Å². The summed E-state index contributed by atoms with van der Waals surface area (Å²) in [6, 6.07) is 32.3. The van der Waals surface area contributed by atoms with Crippen LogP contribution in [0.5, 0.6) is 0 Å². The summed E-state index contributed by atoms with van der Waals surface area (Å²) in [5.41, 5.74) is 0. The van der Waals surface area contributed by atoms with Gasteiger partial charge in [0.15, 0.2) is 0 Å². The zero-order chi connectivity index (χ0) is 12.9. The van der Waals surface area contributed by atoms with Gasteiger partial charge in [0.05, 0.1) is 0 Å². The summed E-state index contributed by atoms with van der Waals surface area (Å²) in [5.74, 6) is 0. The molecule has 0 atom stereocenters. The molecule has 2 radical (unpaired) electrons. The Morgan fingerprint density at radius 3 is 0.857 bits per heavy atom. The fourth-order valence-corrected chi connectivity index (χ4v) is 4.48. The Morgan fingerprint density at radius 1 is 0.381 bits per heavy atom. The SMILES string of the molecule is [Na].[Na].c1ccc(P(c2ccccc2)c2ccccc2)cc1. The fraction of sp³-hybridized carbons (Fsp3) is 0. The average Bonchev–Trinajstić information content (AvgIpc) is 2.51. The van der Waals surface area contributed by atoms with Crippen molar-refractivity contribution in [3.8, 4) is 0 Å². The summed E-state index contributed by atoms with van der Waals surface area (Å²) in [5, 5.41) is 4.19. The van der Waals surface area contributed by atoms with Gasteiger partial charge in [-0.1, -0.05) is 91.0 Å². The van der Waals surface area contributed by atoms with E-state index >= 15 is 0 Å². The zero-order valence-electron chi connectivity index (χ0n) is 12.6. The molecular formula is C18H15Na2P.